The van der Waals surface area contributed by atoms with E-state index in [9.17, 15) is 4.79 Å². The maximum atomic E-state index is 12.9. The first-order valence-corrected chi connectivity index (χ1v) is 8.60. The molecule has 2 aromatic rings. The lowest BCUT2D eigenvalue weighted by Crippen LogP contribution is -2.37. The van der Waals surface area contributed by atoms with E-state index < -0.39 is 0 Å². The number of amides is 1. The summed E-state index contributed by atoms with van der Waals surface area (Å²) in [7, 11) is 1.66. The molecule has 1 aliphatic heterocycles. The fraction of sp³-hybridized carbons (Fsp3) is 0.316. The van der Waals surface area contributed by atoms with Crippen molar-refractivity contribution in [2.45, 2.75) is 26.2 Å². The van der Waals surface area contributed by atoms with Gasteiger partial charge in [-0.05, 0) is 54.7 Å². The van der Waals surface area contributed by atoms with Crippen molar-refractivity contribution in [2.24, 2.45) is 0 Å². The lowest BCUT2D eigenvalue weighted by atomic mass is 9.95. The fourth-order valence-corrected chi connectivity index (χ4v) is 3.63. The smallest absolute Gasteiger partial charge is 0.231 e. The number of anilines is 1. The molecule has 0 saturated heterocycles. The standard InChI is InChI=1S/C19H20BrNO2/c1-13-8-9-17(23-2)19-16(13)7-4-10-21(19)18(22)12-14-5-3-6-15(20)11-14/h3,5-6,8-9,11H,4,7,10,12H2,1-2H3. The minimum Gasteiger partial charge on any atom is -0.495 e. The van der Waals surface area contributed by atoms with Gasteiger partial charge in [0.2, 0.25) is 5.91 Å². The van der Waals surface area contributed by atoms with Crippen LogP contribution in [0.25, 0.3) is 0 Å². The second-order valence-electron chi connectivity index (χ2n) is 5.87. The van der Waals surface area contributed by atoms with Crippen LogP contribution in [-0.2, 0) is 17.6 Å². The van der Waals surface area contributed by atoms with Gasteiger partial charge in [0.25, 0.3) is 0 Å². The van der Waals surface area contributed by atoms with E-state index in [-0.39, 0.29) is 5.91 Å². The van der Waals surface area contributed by atoms with Crippen molar-refractivity contribution in [3.63, 3.8) is 0 Å². The Kier molecular flexibility index (Phi) is 4.71. The monoisotopic (exact) mass is 373 g/mol. The Hall–Kier alpha value is -1.81. The average molecular weight is 374 g/mol. The van der Waals surface area contributed by atoms with Crippen LogP contribution in [0.15, 0.2) is 40.9 Å². The van der Waals surface area contributed by atoms with Crippen molar-refractivity contribution in [3.8, 4) is 5.75 Å². The van der Waals surface area contributed by atoms with Gasteiger partial charge in [0.05, 0.1) is 19.2 Å². The molecule has 0 atom stereocenters. The van der Waals surface area contributed by atoms with Gasteiger partial charge in [-0.15, -0.1) is 0 Å². The maximum Gasteiger partial charge on any atom is 0.231 e. The van der Waals surface area contributed by atoms with Crippen LogP contribution >= 0.6 is 15.9 Å². The minimum atomic E-state index is 0.118. The molecule has 1 aliphatic rings. The number of nitrogens with zero attached hydrogens (tertiary/aromatic N) is 1. The van der Waals surface area contributed by atoms with Crippen LogP contribution < -0.4 is 9.64 Å². The minimum absolute atomic E-state index is 0.118. The molecule has 3 rings (SSSR count). The van der Waals surface area contributed by atoms with E-state index in [1.807, 2.05) is 35.2 Å². The molecule has 120 valence electrons. The number of carbonyl (C=O) groups excluding carboxylic acids is 1. The number of hydrogen-bond acceptors (Lipinski definition) is 2. The quantitative estimate of drug-likeness (QED) is 0.802. The van der Waals surface area contributed by atoms with E-state index in [4.69, 9.17) is 4.74 Å². The van der Waals surface area contributed by atoms with Gasteiger partial charge >= 0.3 is 0 Å². The Labute approximate surface area is 145 Å². The molecule has 0 aliphatic carbocycles. The number of carbonyl (C=O) groups is 1. The van der Waals surface area contributed by atoms with Crippen LogP contribution in [0, 0.1) is 6.92 Å². The molecule has 0 spiro atoms. The summed E-state index contributed by atoms with van der Waals surface area (Å²) in [5.41, 5.74) is 4.43. The highest BCUT2D eigenvalue weighted by Gasteiger charge is 2.27. The van der Waals surface area contributed by atoms with Gasteiger partial charge in [-0.3, -0.25) is 4.79 Å². The summed E-state index contributed by atoms with van der Waals surface area (Å²) in [6.45, 7) is 2.85. The van der Waals surface area contributed by atoms with Crippen molar-refractivity contribution >= 4 is 27.5 Å². The highest BCUT2D eigenvalue weighted by atomic mass is 79.9. The second kappa shape index (κ2) is 6.75. The molecule has 23 heavy (non-hydrogen) atoms. The Balaban J connectivity index is 1.93. The molecule has 1 amide bonds. The van der Waals surface area contributed by atoms with Gasteiger partial charge in [0.1, 0.15) is 5.75 Å². The molecule has 0 unspecified atom stereocenters. The van der Waals surface area contributed by atoms with Crippen molar-refractivity contribution in [1.82, 2.24) is 0 Å². The summed E-state index contributed by atoms with van der Waals surface area (Å²) in [4.78, 5) is 14.8. The molecule has 2 aromatic carbocycles. The molecule has 0 bridgehead atoms. The van der Waals surface area contributed by atoms with Crippen LogP contribution in [0.2, 0.25) is 0 Å². The van der Waals surface area contributed by atoms with Crippen LogP contribution in [0.5, 0.6) is 5.75 Å². The van der Waals surface area contributed by atoms with Crippen molar-refractivity contribution < 1.29 is 9.53 Å². The Morgan fingerprint density at radius 3 is 2.87 bits per heavy atom. The molecule has 3 nitrogen and oxygen atoms in total. The molecule has 4 heteroatoms. The normalized spacial score (nSPS) is 13.6. The summed E-state index contributed by atoms with van der Waals surface area (Å²) in [5, 5.41) is 0. The van der Waals surface area contributed by atoms with Crippen LogP contribution in [0.4, 0.5) is 5.69 Å². The Bertz CT molecular complexity index is 742. The van der Waals surface area contributed by atoms with Gasteiger partial charge in [0, 0.05) is 11.0 Å². The third-order valence-electron chi connectivity index (χ3n) is 4.32. The summed E-state index contributed by atoms with van der Waals surface area (Å²) < 4.78 is 6.51. The first kappa shape index (κ1) is 16.1. The first-order chi connectivity index (χ1) is 11.1. The fourth-order valence-electron chi connectivity index (χ4n) is 3.18. The lowest BCUT2D eigenvalue weighted by molar-refractivity contribution is -0.118. The number of rotatable bonds is 3. The lowest BCUT2D eigenvalue weighted by Gasteiger charge is -2.32. The number of benzene rings is 2. The second-order valence-corrected chi connectivity index (χ2v) is 6.78. The molecule has 1 heterocycles. The average Bonchev–Trinajstić information content (AvgIpc) is 2.55. The van der Waals surface area contributed by atoms with Crippen LogP contribution in [0.3, 0.4) is 0 Å². The molecule has 0 fully saturated rings. The highest BCUT2D eigenvalue weighted by Crippen LogP contribution is 2.38. The molecule has 0 saturated carbocycles. The van der Waals surface area contributed by atoms with Crippen LogP contribution in [-0.4, -0.2) is 19.6 Å². The molecular weight excluding hydrogens is 354 g/mol. The zero-order valence-electron chi connectivity index (χ0n) is 13.4. The maximum absolute atomic E-state index is 12.9. The topological polar surface area (TPSA) is 29.5 Å². The van der Waals surface area contributed by atoms with E-state index >= 15 is 0 Å². The first-order valence-electron chi connectivity index (χ1n) is 7.81. The summed E-state index contributed by atoms with van der Waals surface area (Å²) in [5.74, 6) is 0.904. The van der Waals surface area contributed by atoms with Crippen molar-refractivity contribution in [1.29, 1.82) is 0 Å². The predicted molar refractivity (Wildman–Crippen MR) is 96.3 cm³/mol. The largest absolute Gasteiger partial charge is 0.495 e. The molecular formula is C19H20BrNO2. The number of halogens is 1. The Morgan fingerprint density at radius 1 is 1.30 bits per heavy atom. The Morgan fingerprint density at radius 2 is 2.13 bits per heavy atom. The van der Waals surface area contributed by atoms with Gasteiger partial charge in [-0.25, -0.2) is 0 Å². The third kappa shape index (κ3) is 3.27. The predicted octanol–water partition coefficient (Wildman–Crippen LogP) is 4.29. The van der Waals surface area contributed by atoms with E-state index in [2.05, 4.69) is 28.9 Å². The summed E-state index contributed by atoms with van der Waals surface area (Å²) >= 11 is 3.46. The zero-order valence-corrected chi connectivity index (χ0v) is 15.0. The zero-order chi connectivity index (χ0) is 16.4. The SMILES string of the molecule is COc1ccc(C)c2c1N(C(=O)Cc1cccc(Br)c1)CCC2. The van der Waals surface area contributed by atoms with E-state index in [0.717, 1.165) is 40.9 Å². The van der Waals surface area contributed by atoms with Gasteiger partial charge in [-0.2, -0.15) is 0 Å². The number of fused-ring (bicyclic) bond motifs is 1. The van der Waals surface area contributed by atoms with Crippen molar-refractivity contribution in [2.75, 3.05) is 18.6 Å². The van der Waals surface area contributed by atoms with E-state index in [0.29, 0.717) is 6.42 Å². The van der Waals surface area contributed by atoms with Gasteiger partial charge in [-0.1, -0.05) is 34.1 Å². The van der Waals surface area contributed by atoms with E-state index in [1.54, 1.807) is 7.11 Å². The van der Waals surface area contributed by atoms with Crippen molar-refractivity contribution in [3.05, 3.63) is 57.6 Å². The van der Waals surface area contributed by atoms with Gasteiger partial charge in [0.15, 0.2) is 0 Å². The number of ether oxygens (including phenoxy) is 1. The van der Waals surface area contributed by atoms with Crippen LogP contribution in [0.1, 0.15) is 23.1 Å². The number of hydrogen-bond donors (Lipinski definition) is 0. The highest BCUT2D eigenvalue weighted by molar-refractivity contribution is 9.10. The summed E-state index contributed by atoms with van der Waals surface area (Å²) in [6, 6.07) is 11.9. The molecule has 0 aromatic heterocycles. The molecule has 0 radical (unpaired) electrons. The number of aryl methyl sites for hydroxylation is 1. The third-order valence-corrected chi connectivity index (χ3v) is 4.82. The van der Waals surface area contributed by atoms with Gasteiger partial charge < -0.3 is 9.64 Å². The molecule has 0 N–H and O–H groups in total. The summed E-state index contributed by atoms with van der Waals surface area (Å²) in [6.07, 6.45) is 2.39. The number of methoxy groups -OCH3 is 1. The van der Waals surface area contributed by atoms with E-state index in [1.165, 1.54) is 11.1 Å².